The number of carbonyl (C=O) groups excluding carboxylic acids is 1. The summed E-state index contributed by atoms with van der Waals surface area (Å²) >= 11 is 3.53. The molecule has 0 bridgehead atoms. The highest BCUT2D eigenvalue weighted by molar-refractivity contribution is 9.10. The van der Waals surface area contributed by atoms with Gasteiger partial charge in [-0.25, -0.2) is 18.6 Å². The molecule has 2 aromatic rings. The zero-order valence-corrected chi connectivity index (χ0v) is 21.8. The van der Waals surface area contributed by atoms with Crippen LogP contribution in [0, 0.1) is 6.92 Å². The molecule has 0 radical (unpaired) electrons. The Morgan fingerprint density at radius 1 is 1.09 bits per heavy atom. The molecular formula is C23H31BrN4O4S. The van der Waals surface area contributed by atoms with Crippen molar-refractivity contribution in [2.45, 2.75) is 44.7 Å². The number of rotatable bonds is 6. The number of sulfonamides is 1. The zero-order valence-electron chi connectivity index (χ0n) is 19.4. The quantitative estimate of drug-likeness (QED) is 0.543. The van der Waals surface area contributed by atoms with Gasteiger partial charge in [-0.15, -0.1) is 4.83 Å². The summed E-state index contributed by atoms with van der Waals surface area (Å²) < 4.78 is 31.7. The van der Waals surface area contributed by atoms with Crippen molar-refractivity contribution in [3.05, 3.63) is 58.1 Å². The van der Waals surface area contributed by atoms with Crippen LogP contribution in [-0.2, 0) is 21.3 Å². The number of piperazine rings is 1. The van der Waals surface area contributed by atoms with Crippen LogP contribution < -0.4 is 15.2 Å². The molecule has 1 aliphatic heterocycles. The number of ether oxygens (including phenoxy) is 1. The van der Waals surface area contributed by atoms with E-state index in [-0.39, 0.29) is 11.0 Å². The molecule has 180 valence electrons. The molecule has 3 rings (SSSR count). The summed E-state index contributed by atoms with van der Waals surface area (Å²) in [5, 5.41) is 0. The number of anilines is 1. The van der Waals surface area contributed by atoms with Crippen LogP contribution in [0.1, 0.15) is 31.9 Å². The van der Waals surface area contributed by atoms with Crippen molar-refractivity contribution in [1.29, 1.82) is 0 Å². The van der Waals surface area contributed by atoms with Gasteiger partial charge in [0.15, 0.2) is 0 Å². The Balaban J connectivity index is 1.64. The maximum Gasteiger partial charge on any atom is 0.410 e. The van der Waals surface area contributed by atoms with Crippen LogP contribution >= 0.6 is 15.9 Å². The maximum absolute atomic E-state index is 12.6. The number of carbonyl (C=O) groups is 1. The summed E-state index contributed by atoms with van der Waals surface area (Å²) in [5.41, 5.74) is 4.93. The lowest BCUT2D eigenvalue weighted by Crippen LogP contribution is -2.50. The van der Waals surface area contributed by atoms with Crippen molar-refractivity contribution in [2.75, 3.05) is 31.1 Å². The molecule has 1 saturated heterocycles. The molecule has 10 heteroatoms. The average Bonchev–Trinajstić information content (AvgIpc) is 2.74. The van der Waals surface area contributed by atoms with E-state index in [1.165, 1.54) is 0 Å². The van der Waals surface area contributed by atoms with E-state index in [0.717, 1.165) is 15.7 Å². The van der Waals surface area contributed by atoms with Crippen LogP contribution in [0.15, 0.2) is 51.8 Å². The molecular weight excluding hydrogens is 508 g/mol. The van der Waals surface area contributed by atoms with E-state index in [2.05, 4.69) is 31.1 Å². The fraction of sp³-hybridized carbons (Fsp3) is 0.435. The smallest absolute Gasteiger partial charge is 0.410 e. The van der Waals surface area contributed by atoms with Gasteiger partial charge in [-0.05, 0) is 57.0 Å². The van der Waals surface area contributed by atoms with Gasteiger partial charge in [0.05, 0.1) is 4.90 Å². The van der Waals surface area contributed by atoms with E-state index in [4.69, 9.17) is 4.74 Å². The molecule has 0 unspecified atom stereocenters. The molecule has 0 atom stereocenters. The predicted octanol–water partition coefficient (Wildman–Crippen LogP) is 3.80. The van der Waals surface area contributed by atoms with Gasteiger partial charge in [-0.1, -0.05) is 40.2 Å². The van der Waals surface area contributed by atoms with E-state index in [1.54, 1.807) is 36.1 Å². The monoisotopic (exact) mass is 538 g/mol. The number of hydrogen-bond acceptors (Lipinski definition) is 6. The molecule has 8 nitrogen and oxygen atoms in total. The van der Waals surface area contributed by atoms with Crippen molar-refractivity contribution >= 4 is 37.7 Å². The summed E-state index contributed by atoms with van der Waals surface area (Å²) in [6.07, 6.45) is -0.302. The van der Waals surface area contributed by atoms with Crippen molar-refractivity contribution < 1.29 is 17.9 Å². The Labute approximate surface area is 204 Å². The first-order valence-corrected chi connectivity index (χ1v) is 13.1. The average molecular weight is 539 g/mol. The summed E-state index contributed by atoms with van der Waals surface area (Å²) in [5.74, 6) is 0. The Morgan fingerprint density at radius 2 is 1.76 bits per heavy atom. The molecule has 0 spiro atoms. The third-order valence-electron chi connectivity index (χ3n) is 5.19. The molecule has 2 aromatic carbocycles. The van der Waals surface area contributed by atoms with Gasteiger partial charge in [-0.2, -0.15) is 0 Å². The third-order valence-corrected chi connectivity index (χ3v) is 7.13. The van der Waals surface area contributed by atoms with Crippen LogP contribution in [0.5, 0.6) is 0 Å². The minimum Gasteiger partial charge on any atom is -0.444 e. The SMILES string of the molecule is Cc1ccccc1S(=O)(=O)NNCc1ccc(Br)cc1N1CCN(C(=O)OC(C)(C)C)CC1. The van der Waals surface area contributed by atoms with Crippen LogP contribution in [0.2, 0.25) is 0 Å². The van der Waals surface area contributed by atoms with Gasteiger partial charge in [0.1, 0.15) is 5.60 Å². The second-order valence-electron chi connectivity index (χ2n) is 8.95. The largest absolute Gasteiger partial charge is 0.444 e. The highest BCUT2D eigenvalue weighted by Gasteiger charge is 2.27. The van der Waals surface area contributed by atoms with Crippen LogP contribution in [0.4, 0.5) is 10.5 Å². The number of aryl methyl sites for hydroxylation is 1. The van der Waals surface area contributed by atoms with Crippen molar-refractivity contribution in [3.63, 3.8) is 0 Å². The zero-order chi connectivity index (χ0) is 24.2. The normalized spacial score (nSPS) is 14.9. The first-order valence-electron chi connectivity index (χ1n) is 10.8. The molecule has 33 heavy (non-hydrogen) atoms. The van der Waals surface area contributed by atoms with Crippen molar-refractivity contribution in [1.82, 2.24) is 15.2 Å². The third kappa shape index (κ3) is 6.92. The molecule has 1 amide bonds. The van der Waals surface area contributed by atoms with Gasteiger partial charge >= 0.3 is 6.09 Å². The van der Waals surface area contributed by atoms with Gasteiger partial charge in [-0.3, -0.25) is 0 Å². The van der Waals surface area contributed by atoms with E-state index in [9.17, 15) is 13.2 Å². The first-order chi connectivity index (χ1) is 15.5. The second kappa shape index (κ2) is 10.4. The molecule has 0 aliphatic carbocycles. The van der Waals surface area contributed by atoms with Gasteiger partial charge in [0.2, 0.25) is 0 Å². The molecule has 1 fully saturated rings. The Morgan fingerprint density at radius 3 is 2.39 bits per heavy atom. The van der Waals surface area contributed by atoms with E-state index in [1.807, 2.05) is 39.0 Å². The number of amides is 1. The lowest BCUT2D eigenvalue weighted by atomic mass is 10.1. The van der Waals surface area contributed by atoms with Crippen molar-refractivity contribution in [3.8, 4) is 0 Å². The van der Waals surface area contributed by atoms with Crippen LogP contribution in [-0.4, -0.2) is 51.2 Å². The summed E-state index contributed by atoms with van der Waals surface area (Å²) in [6, 6.07) is 12.7. The second-order valence-corrected chi connectivity index (χ2v) is 11.5. The summed E-state index contributed by atoms with van der Waals surface area (Å²) in [6.45, 7) is 10.0. The number of halogens is 1. The fourth-order valence-corrected chi connectivity index (χ4v) is 5.05. The minimum atomic E-state index is -3.68. The lowest BCUT2D eigenvalue weighted by Gasteiger charge is -2.37. The predicted molar refractivity (Wildman–Crippen MR) is 133 cm³/mol. The number of hydrogen-bond donors (Lipinski definition) is 2. The molecule has 1 aliphatic rings. The number of hydrazine groups is 1. The Kier molecular flexibility index (Phi) is 8.04. The highest BCUT2D eigenvalue weighted by atomic mass is 79.9. The number of benzene rings is 2. The topological polar surface area (TPSA) is 91.0 Å². The number of nitrogens with one attached hydrogen (secondary N) is 2. The first kappa shape index (κ1) is 25.5. The minimum absolute atomic E-state index is 0.242. The molecule has 1 heterocycles. The summed E-state index contributed by atoms with van der Waals surface area (Å²) in [7, 11) is -3.68. The highest BCUT2D eigenvalue weighted by Crippen LogP contribution is 2.27. The maximum atomic E-state index is 12.6. The van der Waals surface area contributed by atoms with Gasteiger partial charge < -0.3 is 14.5 Å². The Bertz CT molecular complexity index is 1090. The molecule has 0 saturated carbocycles. The van der Waals surface area contributed by atoms with Gasteiger partial charge in [0, 0.05) is 42.9 Å². The lowest BCUT2D eigenvalue weighted by molar-refractivity contribution is 0.0240. The van der Waals surface area contributed by atoms with Crippen LogP contribution in [0.3, 0.4) is 0 Å². The van der Waals surface area contributed by atoms with E-state index in [0.29, 0.717) is 38.3 Å². The van der Waals surface area contributed by atoms with E-state index < -0.39 is 15.6 Å². The van der Waals surface area contributed by atoms with Crippen LogP contribution in [0.25, 0.3) is 0 Å². The standard InChI is InChI=1S/C23H31BrN4O4S/c1-17-7-5-6-8-21(17)33(30,31)26-25-16-18-9-10-19(24)15-20(18)27-11-13-28(14-12-27)22(29)32-23(2,3)4/h5-10,15,25-26H,11-14,16H2,1-4H3. The van der Waals surface area contributed by atoms with E-state index >= 15 is 0 Å². The molecule has 2 N–H and O–H groups in total. The van der Waals surface area contributed by atoms with Gasteiger partial charge in [0.25, 0.3) is 10.0 Å². The summed E-state index contributed by atoms with van der Waals surface area (Å²) in [4.78, 5) is 19.0. The van der Waals surface area contributed by atoms with Crippen molar-refractivity contribution in [2.24, 2.45) is 0 Å². The fourth-order valence-electron chi connectivity index (χ4n) is 3.58. The molecule has 0 aromatic heterocycles. The number of nitrogens with zero attached hydrogens (tertiary/aromatic N) is 2. The Hall–Kier alpha value is -2.14.